The predicted octanol–water partition coefficient (Wildman–Crippen LogP) is 8.33. The molecule has 4 aromatic rings. The van der Waals surface area contributed by atoms with Crippen molar-refractivity contribution in [1.29, 1.82) is 0 Å². The fraction of sp³-hybridized carbons (Fsp3) is 0.118. The van der Waals surface area contributed by atoms with Gasteiger partial charge in [0.15, 0.2) is 0 Å². The monoisotopic (exact) mass is 470 g/mol. The Bertz CT molecular complexity index is 1210. The van der Waals surface area contributed by atoms with E-state index in [0.29, 0.717) is 0 Å². The molecule has 4 rings (SSSR count). The van der Waals surface area contributed by atoms with E-state index >= 15 is 0 Å². The second-order valence-corrected chi connectivity index (χ2v) is 9.31. The van der Waals surface area contributed by atoms with Gasteiger partial charge in [0.2, 0.25) is 0 Å². The van der Waals surface area contributed by atoms with Crippen molar-refractivity contribution >= 4 is 47.8 Å². The Hall–Kier alpha value is -4.30. The fourth-order valence-corrected chi connectivity index (χ4v) is 3.78. The summed E-state index contributed by atoms with van der Waals surface area (Å²) in [5.41, 5.74) is 9.57. The second kappa shape index (κ2) is 11.9. The molecule has 180 valence electrons. The quantitative estimate of drug-likeness (QED) is 0.239. The summed E-state index contributed by atoms with van der Waals surface area (Å²) >= 11 is 0. The summed E-state index contributed by atoms with van der Waals surface area (Å²) in [5.74, 6) is 0. The normalized spacial score (nSPS) is 11.6. The van der Waals surface area contributed by atoms with Gasteiger partial charge in [0.25, 0.3) is 0 Å². The van der Waals surface area contributed by atoms with Crippen LogP contribution in [-0.2, 0) is 0 Å². The summed E-state index contributed by atoms with van der Waals surface area (Å²) < 4.78 is 0. The first-order valence-electron chi connectivity index (χ1n) is 12.3. The van der Waals surface area contributed by atoms with Crippen LogP contribution in [0.4, 0.5) is 11.4 Å². The lowest BCUT2D eigenvalue weighted by atomic mass is 10.1. The van der Waals surface area contributed by atoms with Gasteiger partial charge in [-0.2, -0.15) is 0 Å². The number of benzene rings is 4. The van der Waals surface area contributed by atoms with Gasteiger partial charge in [-0.1, -0.05) is 109 Å². The summed E-state index contributed by atoms with van der Waals surface area (Å²) in [5, 5.41) is 0. The van der Waals surface area contributed by atoms with Gasteiger partial charge in [-0.05, 0) is 57.6 Å². The molecule has 2 heteroatoms. The largest absolute Gasteiger partial charge is 0.378 e. The Morgan fingerprint density at radius 1 is 0.306 bits per heavy atom. The first-order chi connectivity index (χ1) is 17.5. The minimum Gasteiger partial charge on any atom is -0.378 e. The number of nitrogens with zero attached hydrogens (tertiary/aromatic N) is 2. The van der Waals surface area contributed by atoms with E-state index in [1.165, 1.54) is 44.8 Å². The van der Waals surface area contributed by atoms with Crippen LogP contribution < -0.4 is 9.80 Å². The molecule has 0 heterocycles. The van der Waals surface area contributed by atoms with Crippen LogP contribution in [0.3, 0.4) is 0 Å². The highest BCUT2D eigenvalue weighted by atomic mass is 15.1. The molecule has 0 spiro atoms. The SMILES string of the molecule is CN(C)c1ccc(/C=C/c2ccc(/C=C/c3ccc(/C=C/c4ccc(N(C)C)cc4)cc3)cc2)cc1. The number of hydrogen-bond acceptors (Lipinski definition) is 2. The summed E-state index contributed by atoms with van der Waals surface area (Å²) in [7, 11) is 8.23. The van der Waals surface area contributed by atoms with Crippen LogP contribution in [0.25, 0.3) is 36.5 Å². The minimum absolute atomic E-state index is 1.19. The van der Waals surface area contributed by atoms with Crippen molar-refractivity contribution in [2.75, 3.05) is 38.0 Å². The van der Waals surface area contributed by atoms with Crippen LogP contribution in [0.2, 0.25) is 0 Å². The van der Waals surface area contributed by atoms with Crippen molar-refractivity contribution in [2.45, 2.75) is 0 Å². The average molecular weight is 471 g/mol. The number of rotatable bonds is 8. The molecule has 0 aliphatic carbocycles. The van der Waals surface area contributed by atoms with Gasteiger partial charge in [-0.25, -0.2) is 0 Å². The molecule has 0 amide bonds. The smallest absolute Gasteiger partial charge is 0.0361 e. The van der Waals surface area contributed by atoms with Crippen molar-refractivity contribution in [2.24, 2.45) is 0 Å². The van der Waals surface area contributed by atoms with Crippen molar-refractivity contribution in [1.82, 2.24) is 0 Å². The van der Waals surface area contributed by atoms with Crippen molar-refractivity contribution in [3.63, 3.8) is 0 Å². The van der Waals surface area contributed by atoms with Gasteiger partial charge in [-0.15, -0.1) is 0 Å². The standard InChI is InChI=1S/C34H34N2/c1-35(2)33-23-19-31(20-24-33)17-15-29-11-7-27(8-12-29)5-6-28-9-13-30(14-10-28)16-18-32-21-25-34(26-22-32)36(3)4/h5-26H,1-4H3/b6-5+,17-15+,18-16+. The molecule has 0 unspecified atom stereocenters. The van der Waals surface area contributed by atoms with Gasteiger partial charge in [0.05, 0.1) is 0 Å². The molecule has 36 heavy (non-hydrogen) atoms. The minimum atomic E-state index is 1.19. The maximum Gasteiger partial charge on any atom is 0.0361 e. The molecule has 0 N–H and O–H groups in total. The Morgan fingerprint density at radius 2 is 0.472 bits per heavy atom. The molecule has 2 nitrogen and oxygen atoms in total. The molecule has 0 bridgehead atoms. The topological polar surface area (TPSA) is 6.48 Å². The molecule has 0 atom stereocenters. The van der Waals surface area contributed by atoms with Crippen LogP contribution in [-0.4, -0.2) is 28.2 Å². The first kappa shape index (κ1) is 24.8. The average Bonchev–Trinajstić information content (AvgIpc) is 2.91. The van der Waals surface area contributed by atoms with Crippen molar-refractivity contribution < 1.29 is 0 Å². The Labute approximate surface area is 216 Å². The van der Waals surface area contributed by atoms with Crippen LogP contribution in [0.5, 0.6) is 0 Å². The van der Waals surface area contributed by atoms with E-state index in [2.05, 4.69) is 172 Å². The van der Waals surface area contributed by atoms with Gasteiger partial charge in [-0.3, -0.25) is 0 Å². The molecule has 4 aromatic carbocycles. The Morgan fingerprint density at radius 3 is 0.639 bits per heavy atom. The van der Waals surface area contributed by atoms with Crippen molar-refractivity contribution in [3.8, 4) is 0 Å². The molecular formula is C34H34N2. The van der Waals surface area contributed by atoms with Gasteiger partial charge >= 0.3 is 0 Å². The summed E-state index contributed by atoms with van der Waals surface area (Å²) in [6.07, 6.45) is 12.9. The zero-order valence-corrected chi connectivity index (χ0v) is 21.6. The predicted molar refractivity (Wildman–Crippen MR) is 161 cm³/mol. The molecule has 0 aromatic heterocycles. The second-order valence-electron chi connectivity index (χ2n) is 9.31. The van der Waals surface area contributed by atoms with Crippen LogP contribution in [0.1, 0.15) is 33.4 Å². The lowest BCUT2D eigenvalue weighted by Crippen LogP contribution is -2.07. The highest BCUT2D eigenvalue weighted by Crippen LogP contribution is 2.17. The Balaban J connectivity index is 1.32. The lowest BCUT2D eigenvalue weighted by Gasteiger charge is -2.11. The first-order valence-corrected chi connectivity index (χ1v) is 12.3. The molecule has 0 saturated heterocycles. The van der Waals surface area contributed by atoms with E-state index in [9.17, 15) is 0 Å². The van der Waals surface area contributed by atoms with Crippen LogP contribution in [0, 0.1) is 0 Å². The van der Waals surface area contributed by atoms with E-state index in [4.69, 9.17) is 0 Å². The van der Waals surface area contributed by atoms with E-state index in [1.807, 2.05) is 0 Å². The third kappa shape index (κ3) is 7.10. The maximum absolute atomic E-state index is 2.16. The molecule has 0 aliphatic heterocycles. The molecule has 0 saturated carbocycles. The number of anilines is 2. The van der Waals surface area contributed by atoms with Gasteiger partial charge in [0, 0.05) is 39.6 Å². The lowest BCUT2D eigenvalue weighted by molar-refractivity contribution is 1.13. The van der Waals surface area contributed by atoms with Gasteiger partial charge in [0.1, 0.15) is 0 Å². The van der Waals surface area contributed by atoms with E-state index in [1.54, 1.807) is 0 Å². The highest BCUT2D eigenvalue weighted by molar-refractivity contribution is 5.75. The zero-order chi connectivity index (χ0) is 25.3. The highest BCUT2D eigenvalue weighted by Gasteiger charge is 1.96. The van der Waals surface area contributed by atoms with E-state index in [-0.39, 0.29) is 0 Å². The number of hydrogen-bond donors (Lipinski definition) is 0. The third-order valence-electron chi connectivity index (χ3n) is 6.10. The zero-order valence-electron chi connectivity index (χ0n) is 21.6. The van der Waals surface area contributed by atoms with Crippen LogP contribution >= 0.6 is 0 Å². The van der Waals surface area contributed by atoms with E-state index in [0.717, 1.165) is 0 Å². The van der Waals surface area contributed by atoms with Crippen molar-refractivity contribution in [3.05, 3.63) is 130 Å². The molecule has 0 radical (unpaired) electrons. The molecular weight excluding hydrogens is 436 g/mol. The maximum atomic E-state index is 2.16. The Kier molecular flexibility index (Phi) is 8.20. The molecule has 0 fully saturated rings. The van der Waals surface area contributed by atoms with Crippen LogP contribution in [0.15, 0.2) is 97.1 Å². The van der Waals surface area contributed by atoms with E-state index < -0.39 is 0 Å². The summed E-state index contributed by atoms with van der Waals surface area (Å²) in [6, 6.07) is 34.4. The summed E-state index contributed by atoms with van der Waals surface area (Å²) in [6.45, 7) is 0. The summed E-state index contributed by atoms with van der Waals surface area (Å²) in [4.78, 5) is 4.22. The molecule has 0 aliphatic rings. The third-order valence-corrected chi connectivity index (χ3v) is 6.10. The fourth-order valence-electron chi connectivity index (χ4n) is 3.78. The van der Waals surface area contributed by atoms with Gasteiger partial charge < -0.3 is 9.80 Å².